The van der Waals surface area contributed by atoms with Crippen LogP contribution in [0.25, 0.3) is 11.1 Å². The van der Waals surface area contributed by atoms with Crippen LogP contribution in [0.15, 0.2) is 48.5 Å². The van der Waals surface area contributed by atoms with Crippen molar-refractivity contribution in [2.45, 2.75) is 24.5 Å². The van der Waals surface area contributed by atoms with Crippen LogP contribution in [-0.4, -0.2) is 40.4 Å². The van der Waals surface area contributed by atoms with Gasteiger partial charge < -0.3 is 20.7 Å². The third-order valence-corrected chi connectivity index (χ3v) is 4.69. The van der Waals surface area contributed by atoms with Gasteiger partial charge in [-0.3, -0.25) is 0 Å². The Kier molecular flexibility index (Phi) is 4.32. The molecule has 6 nitrogen and oxygen atoms in total. The number of aliphatic carboxylic acids is 1. The molecule has 0 amide bonds. The Hall–Kier alpha value is -2.70. The van der Waals surface area contributed by atoms with E-state index >= 15 is 0 Å². The standard InChI is InChI=1S/C19H19NO5/c1-11(21)19(20,17(22)23)18(24)25-10-16-14-8-4-2-6-12(14)13-7-3-5-9-15(13)16/h2-9,11,16,21H,10,20H2,1H3,(H,22,23)/t11-,19+/m1/s1. The number of aliphatic hydroxyl groups excluding tert-OH is 1. The molecule has 0 heterocycles. The van der Waals surface area contributed by atoms with Crippen LogP contribution in [0.4, 0.5) is 0 Å². The fraction of sp³-hybridized carbons (Fsp3) is 0.263. The van der Waals surface area contributed by atoms with Gasteiger partial charge in [0.1, 0.15) is 6.61 Å². The van der Waals surface area contributed by atoms with Crippen molar-refractivity contribution in [3.05, 3.63) is 59.7 Å². The molecule has 2 atom stereocenters. The second-order valence-electron chi connectivity index (χ2n) is 6.18. The first-order valence-electron chi connectivity index (χ1n) is 7.93. The highest BCUT2D eigenvalue weighted by atomic mass is 16.5. The lowest BCUT2D eigenvalue weighted by atomic mass is 9.94. The third kappa shape index (κ3) is 2.69. The lowest BCUT2D eigenvalue weighted by Crippen LogP contribution is -2.63. The summed E-state index contributed by atoms with van der Waals surface area (Å²) in [5.41, 5.74) is 7.22. The molecule has 0 saturated carbocycles. The predicted molar refractivity (Wildman–Crippen MR) is 90.9 cm³/mol. The predicted octanol–water partition coefficient (Wildman–Crippen LogP) is 1.51. The molecule has 0 fully saturated rings. The van der Waals surface area contributed by atoms with Crippen LogP contribution >= 0.6 is 0 Å². The molecule has 0 aromatic heterocycles. The highest BCUT2D eigenvalue weighted by molar-refractivity contribution is 6.04. The molecule has 0 bridgehead atoms. The molecular weight excluding hydrogens is 322 g/mol. The second-order valence-corrected chi connectivity index (χ2v) is 6.18. The summed E-state index contributed by atoms with van der Waals surface area (Å²) in [5, 5.41) is 18.8. The molecule has 1 aliphatic carbocycles. The fourth-order valence-electron chi connectivity index (χ4n) is 3.15. The molecule has 0 spiro atoms. The van der Waals surface area contributed by atoms with E-state index in [1.54, 1.807) is 0 Å². The second kappa shape index (κ2) is 6.31. The van der Waals surface area contributed by atoms with Crippen molar-refractivity contribution < 1.29 is 24.5 Å². The monoisotopic (exact) mass is 341 g/mol. The number of carboxylic acids is 1. The molecule has 2 aromatic rings. The zero-order valence-corrected chi connectivity index (χ0v) is 13.7. The number of rotatable bonds is 5. The third-order valence-electron chi connectivity index (χ3n) is 4.69. The van der Waals surface area contributed by atoms with Crippen LogP contribution in [0, 0.1) is 0 Å². The first-order valence-corrected chi connectivity index (χ1v) is 7.93. The zero-order valence-electron chi connectivity index (χ0n) is 13.7. The van der Waals surface area contributed by atoms with Crippen molar-refractivity contribution in [2.24, 2.45) is 5.73 Å². The highest BCUT2D eigenvalue weighted by Gasteiger charge is 2.49. The number of carbonyl (C=O) groups is 2. The van der Waals surface area contributed by atoms with Gasteiger partial charge in [-0.15, -0.1) is 0 Å². The Bertz CT molecular complexity index is 787. The maximum atomic E-state index is 12.2. The largest absolute Gasteiger partial charge is 0.479 e. The molecule has 0 radical (unpaired) electrons. The minimum absolute atomic E-state index is 0.0498. The SMILES string of the molecule is C[C@@H](O)[C@](N)(C(=O)O)C(=O)OCC1c2ccccc2-c2ccccc21. The Labute approximate surface area is 144 Å². The summed E-state index contributed by atoms with van der Waals surface area (Å²) in [6, 6.07) is 15.6. The molecule has 130 valence electrons. The molecule has 2 aromatic carbocycles. The molecule has 0 unspecified atom stereocenters. The number of fused-ring (bicyclic) bond motifs is 3. The van der Waals surface area contributed by atoms with Crippen LogP contribution in [0.1, 0.15) is 24.0 Å². The highest BCUT2D eigenvalue weighted by Crippen LogP contribution is 2.44. The van der Waals surface area contributed by atoms with E-state index in [0.717, 1.165) is 29.2 Å². The van der Waals surface area contributed by atoms with Gasteiger partial charge in [-0.05, 0) is 29.2 Å². The number of ether oxygens (including phenoxy) is 1. The summed E-state index contributed by atoms with van der Waals surface area (Å²) < 4.78 is 5.22. The maximum absolute atomic E-state index is 12.2. The van der Waals surface area contributed by atoms with E-state index in [-0.39, 0.29) is 12.5 Å². The molecule has 25 heavy (non-hydrogen) atoms. The summed E-state index contributed by atoms with van der Waals surface area (Å²) in [6.07, 6.45) is -1.58. The van der Waals surface area contributed by atoms with E-state index < -0.39 is 23.6 Å². The van der Waals surface area contributed by atoms with Gasteiger partial charge in [0.15, 0.2) is 0 Å². The number of carbonyl (C=O) groups excluding carboxylic acids is 1. The Morgan fingerprint density at radius 1 is 1.12 bits per heavy atom. The Morgan fingerprint density at radius 2 is 1.60 bits per heavy atom. The van der Waals surface area contributed by atoms with E-state index in [1.807, 2.05) is 48.5 Å². The molecule has 1 aliphatic rings. The zero-order chi connectivity index (χ0) is 18.2. The van der Waals surface area contributed by atoms with Crippen molar-refractivity contribution in [3.63, 3.8) is 0 Å². The van der Waals surface area contributed by atoms with E-state index in [4.69, 9.17) is 10.5 Å². The van der Waals surface area contributed by atoms with E-state index in [1.165, 1.54) is 0 Å². The molecule has 6 heteroatoms. The molecule has 0 saturated heterocycles. The average molecular weight is 341 g/mol. The van der Waals surface area contributed by atoms with Crippen LogP contribution < -0.4 is 5.73 Å². The first kappa shape index (κ1) is 17.1. The molecule has 0 aliphatic heterocycles. The van der Waals surface area contributed by atoms with Crippen molar-refractivity contribution >= 4 is 11.9 Å². The number of hydrogen-bond acceptors (Lipinski definition) is 5. The van der Waals surface area contributed by atoms with Gasteiger partial charge in [0.05, 0.1) is 6.10 Å². The summed E-state index contributed by atoms with van der Waals surface area (Å²) in [6.45, 7) is 1.10. The van der Waals surface area contributed by atoms with Gasteiger partial charge in [-0.1, -0.05) is 48.5 Å². The smallest absolute Gasteiger partial charge is 0.340 e. The minimum atomic E-state index is -2.49. The summed E-state index contributed by atoms with van der Waals surface area (Å²) >= 11 is 0. The van der Waals surface area contributed by atoms with Crippen LogP contribution in [0.2, 0.25) is 0 Å². The topological polar surface area (TPSA) is 110 Å². The summed E-state index contributed by atoms with van der Waals surface area (Å²) in [4.78, 5) is 23.6. The molecule has 3 rings (SSSR count). The van der Waals surface area contributed by atoms with E-state index in [0.29, 0.717) is 0 Å². The number of nitrogens with two attached hydrogens (primary N) is 1. The molecule has 4 N–H and O–H groups in total. The van der Waals surface area contributed by atoms with Gasteiger partial charge in [0, 0.05) is 5.92 Å². The van der Waals surface area contributed by atoms with Gasteiger partial charge in [-0.2, -0.15) is 0 Å². The first-order chi connectivity index (χ1) is 11.9. The van der Waals surface area contributed by atoms with E-state index in [9.17, 15) is 19.8 Å². The van der Waals surface area contributed by atoms with Gasteiger partial charge >= 0.3 is 11.9 Å². The van der Waals surface area contributed by atoms with E-state index in [2.05, 4.69) is 0 Å². The van der Waals surface area contributed by atoms with Crippen molar-refractivity contribution in [2.75, 3.05) is 6.61 Å². The minimum Gasteiger partial charge on any atom is -0.479 e. The van der Waals surface area contributed by atoms with Crippen LogP contribution in [-0.2, 0) is 14.3 Å². The fourth-order valence-corrected chi connectivity index (χ4v) is 3.15. The summed E-state index contributed by atoms with van der Waals surface area (Å²) in [7, 11) is 0. The van der Waals surface area contributed by atoms with Crippen molar-refractivity contribution in [1.29, 1.82) is 0 Å². The van der Waals surface area contributed by atoms with Crippen LogP contribution in [0.5, 0.6) is 0 Å². The Morgan fingerprint density at radius 3 is 2.04 bits per heavy atom. The average Bonchev–Trinajstić information content (AvgIpc) is 2.92. The maximum Gasteiger partial charge on any atom is 0.340 e. The van der Waals surface area contributed by atoms with Crippen molar-refractivity contribution in [3.8, 4) is 11.1 Å². The lowest BCUT2D eigenvalue weighted by Gasteiger charge is -2.26. The number of aliphatic hydroxyl groups is 1. The Balaban J connectivity index is 1.87. The molecular formula is C19H19NO5. The quantitative estimate of drug-likeness (QED) is 0.562. The normalized spacial score (nSPS) is 16.4. The van der Waals surface area contributed by atoms with Gasteiger partial charge in [0.2, 0.25) is 5.54 Å². The van der Waals surface area contributed by atoms with Crippen molar-refractivity contribution in [1.82, 2.24) is 0 Å². The van der Waals surface area contributed by atoms with Gasteiger partial charge in [0.25, 0.3) is 0 Å². The van der Waals surface area contributed by atoms with Crippen LogP contribution in [0.3, 0.4) is 0 Å². The number of esters is 1. The number of carboxylic acid groups (broad SMARTS) is 1. The van der Waals surface area contributed by atoms with Gasteiger partial charge in [-0.25, -0.2) is 9.59 Å². The number of benzene rings is 2. The number of hydrogen-bond donors (Lipinski definition) is 3. The summed E-state index contributed by atoms with van der Waals surface area (Å²) in [5.74, 6) is -2.99. The lowest BCUT2D eigenvalue weighted by molar-refractivity contribution is -0.166.